The molecule has 148 valence electrons. The average Bonchev–Trinajstić information content (AvgIpc) is 2.74. The van der Waals surface area contributed by atoms with Gasteiger partial charge in [0.05, 0.1) is 27.8 Å². The Hall–Kier alpha value is -3.55. The number of nitro groups is 1. The zero-order chi connectivity index (χ0) is 20.7. The molecule has 0 saturated carbocycles. The second-order valence-electron chi connectivity index (χ2n) is 7.24. The van der Waals surface area contributed by atoms with E-state index < -0.39 is 4.92 Å². The van der Waals surface area contributed by atoms with Crippen LogP contribution in [-0.2, 0) is 7.05 Å². The van der Waals surface area contributed by atoms with Gasteiger partial charge in [0.15, 0.2) is 0 Å². The number of nitrogens with zero attached hydrogens (tertiary/aromatic N) is 4. The lowest BCUT2D eigenvalue weighted by molar-refractivity contribution is -0.384. The van der Waals surface area contributed by atoms with Crippen LogP contribution >= 0.6 is 0 Å². The molecular weight excluding hydrogens is 372 g/mol. The van der Waals surface area contributed by atoms with Crippen LogP contribution in [0.3, 0.4) is 0 Å². The van der Waals surface area contributed by atoms with Crippen LogP contribution in [0.5, 0.6) is 0 Å². The molecule has 8 heteroatoms. The Kier molecular flexibility index (Phi) is 4.62. The molecule has 0 bridgehead atoms. The first-order valence-corrected chi connectivity index (χ1v) is 9.46. The van der Waals surface area contributed by atoms with E-state index in [0.29, 0.717) is 28.7 Å². The number of aromatic nitrogens is 2. The van der Waals surface area contributed by atoms with Crippen molar-refractivity contribution in [2.24, 2.45) is 7.05 Å². The second-order valence-corrected chi connectivity index (χ2v) is 7.24. The molecule has 1 aromatic heterocycles. The minimum absolute atomic E-state index is 0.0464. The van der Waals surface area contributed by atoms with E-state index in [2.05, 4.69) is 11.9 Å². The van der Waals surface area contributed by atoms with Crippen molar-refractivity contribution in [2.75, 3.05) is 11.4 Å². The monoisotopic (exact) mass is 392 g/mol. The van der Waals surface area contributed by atoms with Crippen molar-refractivity contribution in [3.05, 3.63) is 74.3 Å². The first-order chi connectivity index (χ1) is 13.9. The van der Waals surface area contributed by atoms with Crippen LogP contribution in [0.1, 0.15) is 41.6 Å². The number of hydrogen-bond donors (Lipinski definition) is 0. The summed E-state index contributed by atoms with van der Waals surface area (Å²) < 4.78 is 1.36. The first-order valence-electron chi connectivity index (χ1n) is 9.46. The number of hydrogen-bond acceptors (Lipinski definition) is 5. The topological polar surface area (TPSA) is 98.3 Å². The lowest BCUT2D eigenvalue weighted by Gasteiger charge is -2.34. The van der Waals surface area contributed by atoms with Gasteiger partial charge in [-0.25, -0.2) is 4.98 Å². The molecule has 2 heterocycles. The molecule has 0 spiro atoms. The molecule has 0 N–H and O–H groups in total. The minimum Gasteiger partial charge on any atom is -0.308 e. The summed E-state index contributed by atoms with van der Waals surface area (Å²) in [5, 5.41) is 11.6. The largest absolute Gasteiger partial charge is 0.308 e. The molecular formula is C21H20N4O4. The van der Waals surface area contributed by atoms with Crippen LogP contribution in [0.15, 0.2) is 47.5 Å². The van der Waals surface area contributed by atoms with Gasteiger partial charge < -0.3 is 9.47 Å². The predicted molar refractivity (Wildman–Crippen MR) is 109 cm³/mol. The third kappa shape index (κ3) is 3.16. The Morgan fingerprint density at radius 1 is 1.28 bits per heavy atom. The number of non-ortho nitro benzene ring substituents is 1. The molecule has 0 radical (unpaired) electrons. The van der Waals surface area contributed by atoms with Crippen molar-refractivity contribution in [1.29, 1.82) is 0 Å². The zero-order valence-electron chi connectivity index (χ0n) is 16.2. The van der Waals surface area contributed by atoms with Crippen LogP contribution in [0.25, 0.3) is 10.9 Å². The molecule has 1 aliphatic heterocycles. The highest BCUT2D eigenvalue weighted by Gasteiger charge is 2.30. The third-order valence-corrected chi connectivity index (χ3v) is 5.56. The van der Waals surface area contributed by atoms with Crippen molar-refractivity contribution < 1.29 is 9.72 Å². The van der Waals surface area contributed by atoms with Crippen molar-refractivity contribution in [3.8, 4) is 0 Å². The maximum atomic E-state index is 13.3. The summed E-state index contributed by atoms with van der Waals surface area (Å²) in [5.74, 6) is -0.0305. The number of carbonyl (C=O) groups excluding carboxylic acids is 1. The number of anilines is 1. The van der Waals surface area contributed by atoms with E-state index in [1.807, 2.05) is 0 Å². The number of benzene rings is 2. The molecule has 1 unspecified atom stereocenters. The van der Waals surface area contributed by atoms with Gasteiger partial charge in [-0.2, -0.15) is 0 Å². The van der Waals surface area contributed by atoms with Crippen molar-refractivity contribution in [1.82, 2.24) is 9.55 Å². The van der Waals surface area contributed by atoms with Crippen LogP contribution in [0.2, 0.25) is 0 Å². The van der Waals surface area contributed by atoms with Crippen LogP contribution in [0.4, 0.5) is 11.4 Å². The van der Waals surface area contributed by atoms with Gasteiger partial charge in [0.25, 0.3) is 17.2 Å². The van der Waals surface area contributed by atoms with Gasteiger partial charge in [-0.15, -0.1) is 0 Å². The molecule has 0 saturated heterocycles. The summed E-state index contributed by atoms with van der Waals surface area (Å²) in [7, 11) is 1.61. The lowest BCUT2D eigenvalue weighted by atomic mass is 9.87. The van der Waals surface area contributed by atoms with Gasteiger partial charge in [-0.3, -0.25) is 19.7 Å². The Morgan fingerprint density at radius 2 is 2.07 bits per heavy atom. The SMILES string of the molecule is CCC1CCN(C(=O)c2ccc3ncn(C)c(=O)c3c2)c2cc([N+](=O)[O-])ccc21. The Bertz CT molecular complexity index is 1200. The molecule has 1 aliphatic rings. The number of carbonyl (C=O) groups is 1. The molecule has 1 atom stereocenters. The van der Waals surface area contributed by atoms with E-state index in [0.717, 1.165) is 18.4 Å². The highest BCUT2D eigenvalue weighted by molar-refractivity contribution is 6.08. The summed E-state index contributed by atoms with van der Waals surface area (Å²) in [6, 6.07) is 9.55. The fourth-order valence-electron chi connectivity index (χ4n) is 3.92. The average molecular weight is 392 g/mol. The number of aryl methyl sites for hydroxylation is 1. The van der Waals surface area contributed by atoms with E-state index in [-0.39, 0.29) is 23.1 Å². The van der Waals surface area contributed by atoms with Gasteiger partial charge in [0, 0.05) is 31.3 Å². The van der Waals surface area contributed by atoms with Gasteiger partial charge in [0.1, 0.15) is 0 Å². The van der Waals surface area contributed by atoms with Crippen LogP contribution < -0.4 is 10.5 Å². The summed E-state index contributed by atoms with van der Waals surface area (Å²) in [6.07, 6.45) is 3.12. The van der Waals surface area contributed by atoms with Gasteiger partial charge >= 0.3 is 0 Å². The van der Waals surface area contributed by atoms with Crippen molar-refractivity contribution in [3.63, 3.8) is 0 Å². The fraction of sp³-hybridized carbons (Fsp3) is 0.286. The summed E-state index contributed by atoms with van der Waals surface area (Å²) in [6.45, 7) is 2.54. The Balaban J connectivity index is 1.81. The van der Waals surface area contributed by atoms with Crippen LogP contribution in [-0.4, -0.2) is 26.9 Å². The number of fused-ring (bicyclic) bond motifs is 2. The summed E-state index contributed by atoms with van der Waals surface area (Å²) >= 11 is 0. The molecule has 3 aromatic rings. The van der Waals surface area contributed by atoms with Crippen molar-refractivity contribution >= 4 is 28.2 Å². The first kappa shape index (κ1) is 18.8. The minimum atomic E-state index is -0.454. The smallest absolute Gasteiger partial charge is 0.271 e. The number of amides is 1. The van der Waals surface area contributed by atoms with E-state index in [1.54, 1.807) is 36.2 Å². The van der Waals surface area contributed by atoms with Crippen molar-refractivity contribution in [2.45, 2.75) is 25.7 Å². The molecule has 1 amide bonds. The molecule has 29 heavy (non-hydrogen) atoms. The molecule has 4 rings (SSSR count). The Labute approximate surface area is 166 Å². The van der Waals surface area contributed by atoms with E-state index in [9.17, 15) is 19.7 Å². The second kappa shape index (κ2) is 7.12. The molecule has 8 nitrogen and oxygen atoms in total. The van der Waals surface area contributed by atoms with Gasteiger partial charge in [0.2, 0.25) is 0 Å². The standard InChI is InChI=1S/C21H20N4O4/c1-3-13-8-9-24(19-11-15(25(28)29)5-6-16(13)19)20(26)14-4-7-18-17(10-14)21(27)23(2)12-22-18/h4-7,10-13H,3,8-9H2,1-2H3. The normalized spacial score (nSPS) is 15.9. The maximum absolute atomic E-state index is 13.3. The Morgan fingerprint density at radius 3 is 2.79 bits per heavy atom. The van der Waals surface area contributed by atoms with E-state index >= 15 is 0 Å². The van der Waals surface area contributed by atoms with Crippen LogP contribution in [0, 0.1) is 10.1 Å². The molecule has 2 aromatic carbocycles. The highest BCUT2D eigenvalue weighted by atomic mass is 16.6. The number of rotatable bonds is 3. The zero-order valence-corrected chi connectivity index (χ0v) is 16.2. The van der Waals surface area contributed by atoms with E-state index in [1.165, 1.54) is 23.0 Å². The molecule has 0 fully saturated rings. The fourth-order valence-corrected chi connectivity index (χ4v) is 3.92. The van der Waals surface area contributed by atoms with Gasteiger partial charge in [-0.1, -0.05) is 6.92 Å². The summed E-state index contributed by atoms with van der Waals surface area (Å²) in [5.41, 5.74) is 2.11. The highest BCUT2D eigenvalue weighted by Crippen LogP contribution is 2.39. The summed E-state index contributed by atoms with van der Waals surface area (Å²) in [4.78, 5) is 42.3. The molecule has 0 aliphatic carbocycles. The number of nitro benzene ring substituents is 1. The third-order valence-electron chi connectivity index (χ3n) is 5.56. The lowest BCUT2D eigenvalue weighted by Crippen LogP contribution is -2.36. The quantitative estimate of drug-likeness (QED) is 0.503. The maximum Gasteiger partial charge on any atom is 0.271 e. The van der Waals surface area contributed by atoms with E-state index in [4.69, 9.17) is 0 Å². The predicted octanol–water partition coefficient (Wildman–Crippen LogP) is 3.39. The van der Waals surface area contributed by atoms with Gasteiger partial charge in [-0.05, 0) is 48.6 Å².